The quantitative estimate of drug-likeness (QED) is 0.122. The van der Waals surface area contributed by atoms with Crippen LogP contribution in [0.15, 0.2) is 77.3 Å². The number of hydrogen-bond donors (Lipinski definition) is 3. The molecule has 3 amide bonds. The molecule has 3 N–H and O–H groups in total. The Morgan fingerprint density at radius 2 is 1.60 bits per heavy atom. The Bertz CT molecular complexity index is 1920. The topological polar surface area (TPSA) is 162 Å². The number of nitrogens with one attached hydrogen (secondary N) is 3. The van der Waals surface area contributed by atoms with Crippen molar-refractivity contribution >= 4 is 46.4 Å². The summed E-state index contributed by atoms with van der Waals surface area (Å²) >= 11 is 0. The van der Waals surface area contributed by atoms with Gasteiger partial charge in [0.05, 0.1) is 23.4 Å². The lowest BCUT2D eigenvalue weighted by molar-refractivity contribution is 0.0884. The fourth-order valence-electron chi connectivity index (χ4n) is 5.19. The van der Waals surface area contributed by atoms with E-state index < -0.39 is 29.4 Å². The third-order valence-electron chi connectivity index (χ3n) is 7.85. The van der Waals surface area contributed by atoms with Gasteiger partial charge in [-0.1, -0.05) is 75.1 Å². The Kier molecular flexibility index (Phi) is 10.4. The maximum absolute atomic E-state index is 13.6. The highest BCUT2D eigenvalue weighted by Crippen LogP contribution is 2.29. The van der Waals surface area contributed by atoms with Crippen molar-refractivity contribution in [3.8, 4) is 0 Å². The average Bonchev–Trinajstić information content (AvgIpc) is 3.79. The van der Waals surface area contributed by atoms with Gasteiger partial charge < -0.3 is 25.1 Å². The lowest BCUT2D eigenvalue weighted by atomic mass is 9.94. The van der Waals surface area contributed by atoms with Gasteiger partial charge in [0.2, 0.25) is 0 Å². The molecule has 0 atom stereocenters. The highest BCUT2D eigenvalue weighted by atomic mass is 16.6. The summed E-state index contributed by atoms with van der Waals surface area (Å²) in [6, 6.07) is 18.8. The van der Waals surface area contributed by atoms with Crippen LogP contribution >= 0.6 is 0 Å². The van der Waals surface area contributed by atoms with Crippen LogP contribution in [0.5, 0.6) is 0 Å². The molecule has 5 aromatic rings. The fraction of sp³-hybridized carbons (Fsp3) is 0.314. The molecule has 250 valence electrons. The Morgan fingerprint density at radius 3 is 2.33 bits per heavy atom. The van der Waals surface area contributed by atoms with E-state index in [1.807, 2.05) is 44.2 Å². The number of ether oxygens (including phenoxy) is 1. The average molecular weight is 654 g/mol. The number of nitrogens with zero attached hydrogens (tertiary/aromatic N) is 4. The molecule has 0 spiro atoms. The van der Waals surface area contributed by atoms with Crippen LogP contribution in [0, 0.1) is 0 Å². The van der Waals surface area contributed by atoms with Crippen molar-refractivity contribution < 1.29 is 28.3 Å². The number of rotatable bonds is 13. The van der Waals surface area contributed by atoms with Crippen LogP contribution in [0.25, 0.3) is 11.1 Å². The van der Waals surface area contributed by atoms with Crippen molar-refractivity contribution in [2.24, 2.45) is 7.05 Å². The molecule has 13 heteroatoms. The highest BCUT2D eigenvalue weighted by Gasteiger charge is 2.29. The second-order valence-electron chi connectivity index (χ2n) is 11.9. The molecule has 2 aromatic carbocycles. The second-order valence-corrected chi connectivity index (χ2v) is 11.9. The van der Waals surface area contributed by atoms with Gasteiger partial charge in [0, 0.05) is 19.3 Å². The molecule has 5 rings (SSSR count). The molecule has 13 nitrogen and oxygen atoms in total. The van der Waals surface area contributed by atoms with E-state index in [2.05, 4.69) is 33.1 Å². The normalized spacial score (nSPS) is 11.3. The lowest BCUT2D eigenvalue weighted by Crippen LogP contribution is -2.40. The number of unbranched alkanes of at least 4 members (excludes halogenated alkanes) is 4. The third kappa shape index (κ3) is 7.63. The first kappa shape index (κ1) is 33.6. The number of amides is 3. The molecular formula is C35H39N7O6. The number of carbonyl (C=O) groups excluding carboxylic acids is 4. The van der Waals surface area contributed by atoms with Gasteiger partial charge in [-0.3, -0.25) is 19.1 Å². The second kappa shape index (κ2) is 14.8. The summed E-state index contributed by atoms with van der Waals surface area (Å²) in [4.78, 5) is 53.1. The molecule has 3 heterocycles. The van der Waals surface area contributed by atoms with E-state index >= 15 is 0 Å². The van der Waals surface area contributed by atoms with Gasteiger partial charge in [-0.05, 0) is 44.0 Å². The van der Waals surface area contributed by atoms with Crippen molar-refractivity contribution in [2.75, 3.05) is 17.2 Å². The van der Waals surface area contributed by atoms with Crippen LogP contribution in [0.2, 0.25) is 0 Å². The maximum Gasteiger partial charge on any atom is 0.435 e. The molecule has 0 bridgehead atoms. The highest BCUT2D eigenvalue weighted by molar-refractivity contribution is 6.14. The summed E-state index contributed by atoms with van der Waals surface area (Å²) in [5, 5.41) is 16.7. The fourth-order valence-corrected chi connectivity index (χ4v) is 5.19. The number of aryl methyl sites for hydroxylation is 1. The summed E-state index contributed by atoms with van der Waals surface area (Å²) in [6.45, 7) is 6.03. The summed E-state index contributed by atoms with van der Waals surface area (Å²) in [5.41, 5.74) is 0.933. The van der Waals surface area contributed by atoms with Crippen LogP contribution < -0.4 is 16.0 Å². The summed E-state index contributed by atoms with van der Waals surface area (Å²) in [7, 11) is 1.63. The van der Waals surface area contributed by atoms with E-state index in [-0.39, 0.29) is 40.5 Å². The standard InChI is InChI=1S/C35H39N7O6/c1-5-6-7-8-14-21-47-34(46)42-27-22-28(33(45)39-35(2,3)23-15-10-9-11-16-23)48-29(27)30(40-42)38-31(43)24-17-12-13-18-25(24)37-32(44)26-19-20-36-41(26)4/h9-13,15-20,22H,5-8,14,21H2,1-4H3,(H,37,44)(H,39,45)(H,38,40,43). The predicted octanol–water partition coefficient (Wildman–Crippen LogP) is 6.49. The van der Waals surface area contributed by atoms with Crippen LogP contribution in [0.4, 0.5) is 16.3 Å². The summed E-state index contributed by atoms with van der Waals surface area (Å²) < 4.78 is 13.8. The van der Waals surface area contributed by atoms with Gasteiger partial charge in [0.25, 0.3) is 17.7 Å². The van der Waals surface area contributed by atoms with E-state index in [9.17, 15) is 19.2 Å². The van der Waals surface area contributed by atoms with Crippen molar-refractivity contribution in [3.05, 3.63) is 95.5 Å². The minimum atomic E-state index is -0.780. The molecule has 0 saturated heterocycles. The molecule has 0 aliphatic rings. The molecular weight excluding hydrogens is 614 g/mol. The van der Waals surface area contributed by atoms with Crippen LogP contribution in [-0.2, 0) is 17.3 Å². The number of fused-ring (bicyclic) bond motifs is 1. The molecule has 48 heavy (non-hydrogen) atoms. The van der Waals surface area contributed by atoms with Gasteiger partial charge in [-0.2, -0.15) is 9.78 Å². The first-order valence-corrected chi connectivity index (χ1v) is 15.9. The monoisotopic (exact) mass is 653 g/mol. The minimum Gasteiger partial charge on any atom is -0.448 e. The molecule has 0 aliphatic heterocycles. The summed E-state index contributed by atoms with van der Waals surface area (Å²) in [5.74, 6) is -1.83. The number of para-hydroxylation sites is 1. The number of carbonyl (C=O) groups is 4. The Balaban J connectivity index is 1.42. The van der Waals surface area contributed by atoms with E-state index in [1.54, 1.807) is 31.3 Å². The van der Waals surface area contributed by atoms with Gasteiger partial charge in [-0.15, -0.1) is 5.10 Å². The predicted molar refractivity (Wildman–Crippen MR) is 180 cm³/mol. The first-order valence-electron chi connectivity index (χ1n) is 15.9. The summed E-state index contributed by atoms with van der Waals surface area (Å²) in [6.07, 6.45) is 5.56. The van der Waals surface area contributed by atoms with E-state index in [0.717, 1.165) is 35.9 Å². The van der Waals surface area contributed by atoms with Crippen molar-refractivity contribution in [1.82, 2.24) is 24.9 Å². The van der Waals surface area contributed by atoms with Crippen LogP contribution in [0.1, 0.15) is 89.8 Å². The number of anilines is 2. The molecule has 0 unspecified atom stereocenters. The SMILES string of the molecule is CCCCCCCOC(=O)n1nc(NC(=O)c2ccccc2NC(=O)c2ccnn2C)c2oc(C(=O)NC(C)(C)c3ccccc3)cc21. The van der Waals surface area contributed by atoms with E-state index in [0.29, 0.717) is 12.1 Å². The Labute approximate surface area is 277 Å². The van der Waals surface area contributed by atoms with Crippen molar-refractivity contribution in [1.29, 1.82) is 0 Å². The van der Waals surface area contributed by atoms with Gasteiger partial charge in [0.1, 0.15) is 11.2 Å². The zero-order chi connectivity index (χ0) is 34.3. The number of aromatic nitrogens is 4. The number of furan rings is 1. The minimum absolute atomic E-state index is 0.00214. The lowest BCUT2D eigenvalue weighted by Gasteiger charge is -2.26. The largest absolute Gasteiger partial charge is 0.448 e. The Morgan fingerprint density at radius 1 is 0.875 bits per heavy atom. The Hall–Kier alpha value is -5.72. The van der Waals surface area contributed by atoms with Crippen LogP contribution in [0.3, 0.4) is 0 Å². The van der Waals surface area contributed by atoms with E-state index in [1.165, 1.54) is 23.0 Å². The number of benzene rings is 2. The van der Waals surface area contributed by atoms with Crippen molar-refractivity contribution in [2.45, 2.75) is 58.4 Å². The molecule has 0 fully saturated rings. The molecule has 3 aromatic heterocycles. The molecule has 0 saturated carbocycles. The first-order chi connectivity index (χ1) is 23.1. The van der Waals surface area contributed by atoms with Gasteiger partial charge in [-0.25, -0.2) is 4.79 Å². The third-order valence-corrected chi connectivity index (χ3v) is 7.85. The molecule has 0 aliphatic carbocycles. The van der Waals surface area contributed by atoms with Gasteiger partial charge >= 0.3 is 6.09 Å². The van der Waals surface area contributed by atoms with E-state index in [4.69, 9.17) is 9.15 Å². The van der Waals surface area contributed by atoms with Crippen molar-refractivity contribution in [3.63, 3.8) is 0 Å². The zero-order valence-electron chi connectivity index (χ0n) is 27.4. The smallest absolute Gasteiger partial charge is 0.435 e. The van der Waals surface area contributed by atoms with Gasteiger partial charge in [0.15, 0.2) is 17.2 Å². The number of hydrogen-bond acceptors (Lipinski definition) is 8. The molecule has 0 radical (unpaired) electrons. The zero-order valence-corrected chi connectivity index (χ0v) is 27.4. The maximum atomic E-state index is 13.6. The van der Waals surface area contributed by atoms with Crippen LogP contribution in [-0.4, -0.2) is 50.0 Å².